The van der Waals surface area contributed by atoms with E-state index in [1.54, 1.807) is 0 Å². The maximum absolute atomic E-state index is 14.8. The van der Waals surface area contributed by atoms with Gasteiger partial charge in [-0.15, -0.1) is 0 Å². The van der Waals surface area contributed by atoms with Crippen LogP contribution < -0.4 is 0 Å². The van der Waals surface area contributed by atoms with E-state index < -0.39 is 11.8 Å². The van der Waals surface area contributed by atoms with Gasteiger partial charge in [0.05, 0.1) is 5.92 Å². The quantitative estimate of drug-likeness (QED) is 0.196. The van der Waals surface area contributed by atoms with E-state index in [2.05, 4.69) is 36.4 Å². The molecule has 2 heteroatoms. The predicted octanol–water partition coefficient (Wildman–Crippen LogP) is 8.99. The normalized spacial score (nSPS) is 19.3. The average molecular weight is 555 g/mol. The van der Waals surface area contributed by atoms with Crippen LogP contribution in [0.15, 0.2) is 175 Å². The van der Waals surface area contributed by atoms with Crippen LogP contribution in [-0.4, -0.2) is 11.6 Å². The van der Waals surface area contributed by atoms with Crippen LogP contribution in [0.1, 0.15) is 38.5 Å². The number of carbonyl (C=O) groups is 2. The van der Waals surface area contributed by atoms with Crippen molar-refractivity contribution in [2.24, 2.45) is 11.8 Å². The predicted molar refractivity (Wildman–Crippen MR) is 173 cm³/mol. The van der Waals surface area contributed by atoms with Crippen LogP contribution in [0, 0.1) is 11.8 Å². The molecule has 0 amide bonds. The van der Waals surface area contributed by atoms with Gasteiger partial charge in [0, 0.05) is 23.0 Å². The highest BCUT2D eigenvalue weighted by molar-refractivity contribution is 6.28. The van der Waals surface area contributed by atoms with E-state index in [4.69, 9.17) is 0 Å². The fraction of sp³-hybridized carbons (Fsp3) is 0.0732. The summed E-state index contributed by atoms with van der Waals surface area (Å²) in [5.41, 5.74) is 8.27. The zero-order valence-electron chi connectivity index (χ0n) is 23.6. The Balaban J connectivity index is 1.56. The van der Waals surface area contributed by atoms with Gasteiger partial charge in [-0.2, -0.15) is 0 Å². The SMILES string of the molecule is O=C(c1ccccc1)[C@@H]1[C@H]2C(=C(c3ccccc3)C(=O)[C@H]1c1ccccc1)C=CC2=C(c1ccccc1)c1ccccc1. The van der Waals surface area contributed by atoms with Gasteiger partial charge in [0.15, 0.2) is 11.6 Å². The molecular formula is C41H30O2. The molecule has 2 nitrogen and oxygen atoms in total. The van der Waals surface area contributed by atoms with Crippen molar-refractivity contribution in [3.8, 4) is 0 Å². The molecule has 43 heavy (non-hydrogen) atoms. The summed E-state index contributed by atoms with van der Waals surface area (Å²) < 4.78 is 0. The Morgan fingerprint density at radius 2 is 0.953 bits per heavy atom. The molecule has 0 unspecified atom stereocenters. The molecule has 0 N–H and O–H groups in total. The monoisotopic (exact) mass is 554 g/mol. The number of rotatable bonds is 6. The third-order valence-electron chi connectivity index (χ3n) is 8.64. The summed E-state index contributed by atoms with van der Waals surface area (Å²) >= 11 is 0. The van der Waals surface area contributed by atoms with Crippen molar-refractivity contribution in [1.29, 1.82) is 0 Å². The largest absolute Gasteiger partial charge is 0.294 e. The van der Waals surface area contributed by atoms with Gasteiger partial charge in [0.1, 0.15) is 0 Å². The molecule has 0 heterocycles. The van der Waals surface area contributed by atoms with E-state index in [0.717, 1.165) is 39.0 Å². The maximum atomic E-state index is 14.8. The molecule has 0 bridgehead atoms. The molecule has 0 spiro atoms. The summed E-state index contributed by atoms with van der Waals surface area (Å²) in [6.45, 7) is 0. The number of fused-ring (bicyclic) bond motifs is 1. The number of Topliss-reactive ketones (excluding diaryl/α,β-unsaturated/α-hetero) is 2. The molecule has 0 aliphatic heterocycles. The lowest BCUT2D eigenvalue weighted by atomic mass is 9.61. The molecule has 0 aromatic heterocycles. The molecule has 3 atom stereocenters. The van der Waals surface area contributed by atoms with E-state index in [-0.39, 0.29) is 17.5 Å². The van der Waals surface area contributed by atoms with Gasteiger partial charge < -0.3 is 0 Å². The molecule has 0 saturated carbocycles. The highest BCUT2D eigenvalue weighted by atomic mass is 16.1. The summed E-state index contributed by atoms with van der Waals surface area (Å²) in [4.78, 5) is 29.5. The molecule has 5 aromatic rings. The van der Waals surface area contributed by atoms with Gasteiger partial charge in [-0.3, -0.25) is 9.59 Å². The molecule has 2 aliphatic rings. The summed E-state index contributed by atoms with van der Waals surface area (Å²) in [5.74, 6) is -1.60. The minimum absolute atomic E-state index is 0.00944. The van der Waals surface area contributed by atoms with E-state index in [1.165, 1.54) is 0 Å². The minimum atomic E-state index is -0.638. The first-order valence-corrected chi connectivity index (χ1v) is 14.7. The number of ketones is 2. The molecule has 7 rings (SSSR count). The lowest BCUT2D eigenvalue weighted by Gasteiger charge is -2.38. The van der Waals surface area contributed by atoms with Crippen molar-refractivity contribution < 1.29 is 9.59 Å². The van der Waals surface area contributed by atoms with Crippen molar-refractivity contribution in [2.75, 3.05) is 0 Å². The lowest BCUT2D eigenvalue weighted by Crippen LogP contribution is -2.39. The average Bonchev–Trinajstić information content (AvgIpc) is 3.50. The third kappa shape index (κ3) is 4.81. The molecule has 2 aliphatic carbocycles. The van der Waals surface area contributed by atoms with Crippen molar-refractivity contribution in [3.63, 3.8) is 0 Å². The number of hydrogen-bond acceptors (Lipinski definition) is 2. The van der Waals surface area contributed by atoms with E-state index in [1.807, 2.05) is 127 Å². The van der Waals surface area contributed by atoms with Crippen LogP contribution >= 0.6 is 0 Å². The van der Waals surface area contributed by atoms with Gasteiger partial charge >= 0.3 is 0 Å². The highest BCUT2D eigenvalue weighted by Crippen LogP contribution is 2.54. The van der Waals surface area contributed by atoms with Crippen LogP contribution in [-0.2, 0) is 4.79 Å². The van der Waals surface area contributed by atoms with Gasteiger partial charge in [-0.25, -0.2) is 0 Å². The number of hydrogen-bond donors (Lipinski definition) is 0. The minimum Gasteiger partial charge on any atom is -0.294 e. The Morgan fingerprint density at radius 1 is 0.488 bits per heavy atom. The summed E-state index contributed by atoms with van der Waals surface area (Å²) in [7, 11) is 0. The fourth-order valence-electron chi connectivity index (χ4n) is 6.81. The zero-order chi connectivity index (χ0) is 29.2. The summed E-state index contributed by atoms with van der Waals surface area (Å²) in [6, 6.07) is 49.9. The first-order chi connectivity index (χ1) is 21.2. The Hall–Kier alpha value is -5.34. The molecule has 0 saturated heterocycles. The zero-order valence-corrected chi connectivity index (χ0v) is 23.6. The molecule has 0 fully saturated rings. The van der Waals surface area contributed by atoms with Crippen LogP contribution in [0.5, 0.6) is 0 Å². The van der Waals surface area contributed by atoms with Crippen LogP contribution in [0.4, 0.5) is 0 Å². The first-order valence-electron chi connectivity index (χ1n) is 14.7. The van der Waals surface area contributed by atoms with Crippen molar-refractivity contribution >= 4 is 22.7 Å². The highest BCUT2D eigenvalue weighted by Gasteiger charge is 2.50. The van der Waals surface area contributed by atoms with Crippen molar-refractivity contribution in [1.82, 2.24) is 0 Å². The van der Waals surface area contributed by atoms with Gasteiger partial charge in [0.25, 0.3) is 0 Å². The maximum Gasteiger partial charge on any atom is 0.171 e. The Morgan fingerprint density at radius 3 is 1.49 bits per heavy atom. The topological polar surface area (TPSA) is 34.1 Å². The van der Waals surface area contributed by atoms with Gasteiger partial charge in [-0.1, -0.05) is 164 Å². The Kier molecular flexibility index (Phi) is 7.10. The van der Waals surface area contributed by atoms with Crippen molar-refractivity contribution in [3.05, 3.63) is 203 Å². The number of carbonyl (C=O) groups excluding carboxylic acids is 2. The second-order valence-corrected chi connectivity index (χ2v) is 11.1. The Labute approximate surface area is 252 Å². The third-order valence-corrected chi connectivity index (χ3v) is 8.64. The molecular weight excluding hydrogens is 524 g/mol. The first kappa shape index (κ1) is 26.6. The summed E-state index contributed by atoms with van der Waals surface area (Å²) in [5, 5.41) is 0. The fourth-order valence-corrected chi connectivity index (χ4v) is 6.81. The van der Waals surface area contributed by atoms with Gasteiger partial charge in [-0.05, 0) is 39.0 Å². The molecule has 5 aromatic carbocycles. The smallest absolute Gasteiger partial charge is 0.171 e. The second kappa shape index (κ2) is 11.5. The van der Waals surface area contributed by atoms with E-state index in [9.17, 15) is 9.59 Å². The number of allylic oxidation sites excluding steroid dienone is 5. The van der Waals surface area contributed by atoms with Crippen LogP contribution in [0.25, 0.3) is 11.1 Å². The molecule has 0 radical (unpaired) electrons. The van der Waals surface area contributed by atoms with E-state index >= 15 is 0 Å². The lowest BCUT2D eigenvalue weighted by molar-refractivity contribution is -0.116. The van der Waals surface area contributed by atoms with Crippen LogP contribution in [0.3, 0.4) is 0 Å². The standard InChI is InChI=1S/C41H30O2/c42-40(32-24-14-5-15-25-32)39-37(31-22-12-4-13-23-31)41(43)36(30-20-10-3-11-21-30)34-27-26-33(38(34)39)35(28-16-6-1-7-17-28)29-18-8-2-9-19-29/h1-27,37-39H/t37-,38+,39-/m0/s1. The Bertz CT molecular complexity index is 1830. The van der Waals surface area contributed by atoms with Crippen molar-refractivity contribution in [2.45, 2.75) is 5.92 Å². The molecule has 206 valence electrons. The van der Waals surface area contributed by atoms with Crippen LogP contribution in [0.2, 0.25) is 0 Å². The second-order valence-electron chi connectivity index (χ2n) is 11.1. The summed E-state index contributed by atoms with van der Waals surface area (Å²) in [6.07, 6.45) is 4.22. The number of benzene rings is 5. The van der Waals surface area contributed by atoms with E-state index in [0.29, 0.717) is 11.1 Å². The van der Waals surface area contributed by atoms with Gasteiger partial charge in [0.2, 0.25) is 0 Å².